The van der Waals surface area contributed by atoms with Crippen molar-refractivity contribution in [1.82, 2.24) is 14.8 Å². The summed E-state index contributed by atoms with van der Waals surface area (Å²) in [5.74, 6) is 0. The number of hydrogen-bond acceptors (Lipinski definition) is 4. The van der Waals surface area contributed by atoms with E-state index in [-0.39, 0.29) is 12.6 Å². The summed E-state index contributed by atoms with van der Waals surface area (Å²) in [5, 5.41) is 13.7. The molecule has 0 aliphatic heterocycles. The van der Waals surface area contributed by atoms with E-state index in [9.17, 15) is 5.11 Å². The van der Waals surface area contributed by atoms with Crippen LogP contribution in [-0.4, -0.2) is 32.0 Å². The van der Waals surface area contributed by atoms with Crippen LogP contribution in [0.4, 0.5) is 0 Å². The summed E-state index contributed by atoms with van der Waals surface area (Å²) in [6, 6.07) is 0.112. The van der Waals surface area contributed by atoms with E-state index >= 15 is 0 Å². The van der Waals surface area contributed by atoms with Crippen molar-refractivity contribution in [3.05, 3.63) is 12.7 Å². The minimum atomic E-state index is -0.828. The highest BCUT2D eigenvalue weighted by atomic mass is 16.3. The van der Waals surface area contributed by atoms with Crippen LogP contribution in [0.5, 0.6) is 0 Å². The maximum absolute atomic E-state index is 9.71. The standard InChI is InChI=1S/C8H16N4O/c1-7(3-8(2,13)4-9)12-6-10-5-11-12/h5-7,13H,3-4,9H2,1-2H3. The highest BCUT2D eigenvalue weighted by Crippen LogP contribution is 2.18. The predicted molar refractivity (Wildman–Crippen MR) is 49.0 cm³/mol. The lowest BCUT2D eigenvalue weighted by Gasteiger charge is -2.24. The van der Waals surface area contributed by atoms with Crippen LogP contribution in [0.2, 0.25) is 0 Å². The Balaban J connectivity index is 2.56. The summed E-state index contributed by atoms with van der Waals surface area (Å²) in [6.07, 6.45) is 3.69. The van der Waals surface area contributed by atoms with E-state index in [1.54, 1.807) is 17.9 Å². The number of hydrogen-bond donors (Lipinski definition) is 2. The molecule has 0 aliphatic carbocycles. The molecule has 1 aromatic rings. The Morgan fingerprint density at radius 3 is 2.85 bits per heavy atom. The first-order valence-corrected chi connectivity index (χ1v) is 4.32. The van der Waals surface area contributed by atoms with E-state index in [4.69, 9.17) is 5.73 Å². The molecule has 0 saturated carbocycles. The zero-order valence-corrected chi connectivity index (χ0v) is 8.01. The number of rotatable bonds is 4. The number of aliphatic hydroxyl groups is 1. The molecule has 0 radical (unpaired) electrons. The van der Waals surface area contributed by atoms with E-state index in [0.717, 1.165) is 0 Å². The molecular weight excluding hydrogens is 168 g/mol. The quantitative estimate of drug-likeness (QED) is 0.687. The Bertz CT molecular complexity index is 245. The van der Waals surface area contributed by atoms with Crippen molar-refractivity contribution < 1.29 is 5.11 Å². The van der Waals surface area contributed by atoms with Crippen LogP contribution in [0.1, 0.15) is 26.3 Å². The molecular formula is C8H16N4O. The highest BCUT2D eigenvalue weighted by molar-refractivity contribution is 4.78. The average molecular weight is 184 g/mol. The van der Waals surface area contributed by atoms with Crippen LogP contribution >= 0.6 is 0 Å². The Hall–Kier alpha value is -0.940. The molecule has 0 amide bonds. The molecule has 2 unspecified atom stereocenters. The Labute approximate surface area is 77.6 Å². The predicted octanol–water partition coefficient (Wildman–Crippen LogP) is -0.0611. The fourth-order valence-electron chi connectivity index (χ4n) is 1.26. The Morgan fingerprint density at radius 1 is 1.69 bits per heavy atom. The van der Waals surface area contributed by atoms with E-state index in [2.05, 4.69) is 10.1 Å². The molecule has 1 rings (SSSR count). The van der Waals surface area contributed by atoms with E-state index in [1.165, 1.54) is 6.33 Å². The second-order valence-electron chi connectivity index (χ2n) is 3.63. The maximum atomic E-state index is 9.71. The summed E-state index contributed by atoms with van der Waals surface area (Å²) >= 11 is 0. The molecule has 2 atom stereocenters. The van der Waals surface area contributed by atoms with Gasteiger partial charge in [-0.3, -0.25) is 4.68 Å². The normalized spacial score (nSPS) is 18.2. The molecule has 0 saturated heterocycles. The topological polar surface area (TPSA) is 77.0 Å². The van der Waals surface area contributed by atoms with Crippen LogP contribution in [-0.2, 0) is 0 Å². The molecule has 0 fully saturated rings. The van der Waals surface area contributed by atoms with Gasteiger partial charge in [-0.2, -0.15) is 5.10 Å². The third-order valence-corrected chi connectivity index (χ3v) is 2.06. The van der Waals surface area contributed by atoms with E-state index in [0.29, 0.717) is 6.42 Å². The highest BCUT2D eigenvalue weighted by Gasteiger charge is 2.22. The van der Waals surface area contributed by atoms with E-state index < -0.39 is 5.60 Å². The Morgan fingerprint density at radius 2 is 2.38 bits per heavy atom. The maximum Gasteiger partial charge on any atom is 0.137 e. The molecule has 5 nitrogen and oxygen atoms in total. The number of nitrogens with two attached hydrogens (primary N) is 1. The van der Waals surface area contributed by atoms with Gasteiger partial charge >= 0.3 is 0 Å². The molecule has 0 aromatic carbocycles. The molecule has 1 heterocycles. The van der Waals surface area contributed by atoms with Crippen molar-refractivity contribution in [2.45, 2.75) is 31.9 Å². The van der Waals surface area contributed by atoms with Crippen molar-refractivity contribution in [2.75, 3.05) is 6.54 Å². The largest absolute Gasteiger partial charge is 0.389 e. The van der Waals surface area contributed by atoms with Crippen molar-refractivity contribution in [3.63, 3.8) is 0 Å². The lowest BCUT2D eigenvalue weighted by atomic mass is 9.98. The van der Waals surface area contributed by atoms with Gasteiger partial charge in [-0.05, 0) is 20.3 Å². The van der Waals surface area contributed by atoms with Gasteiger partial charge in [-0.25, -0.2) is 4.98 Å². The van der Waals surface area contributed by atoms with Gasteiger partial charge in [0.05, 0.1) is 11.6 Å². The monoisotopic (exact) mass is 184 g/mol. The van der Waals surface area contributed by atoms with Gasteiger partial charge in [-0.15, -0.1) is 0 Å². The van der Waals surface area contributed by atoms with Crippen LogP contribution in [0.15, 0.2) is 12.7 Å². The number of aromatic nitrogens is 3. The summed E-state index contributed by atoms with van der Waals surface area (Å²) in [5.41, 5.74) is 4.58. The smallest absolute Gasteiger partial charge is 0.137 e. The van der Waals surface area contributed by atoms with Crippen molar-refractivity contribution in [2.24, 2.45) is 5.73 Å². The third kappa shape index (κ3) is 2.78. The van der Waals surface area contributed by atoms with Crippen LogP contribution in [0, 0.1) is 0 Å². The molecule has 0 bridgehead atoms. The Kier molecular flexibility index (Phi) is 3.00. The van der Waals surface area contributed by atoms with Gasteiger partial charge in [0.25, 0.3) is 0 Å². The molecule has 3 N–H and O–H groups in total. The lowest BCUT2D eigenvalue weighted by molar-refractivity contribution is 0.0449. The first-order chi connectivity index (χ1) is 6.05. The second kappa shape index (κ2) is 3.85. The van der Waals surface area contributed by atoms with E-state index in [1.807, 2.05) is 6.92 Å². The SMILES string of the molecule is CC(CC(C)(O)CN)n1cncn1. The molecule has 0 aliphatic rings. The average Bonchev–Trinajstić information content (AvgIpc) is 2.55. The van der Waals surface area contributed by atoms with Crippen molar-refractivity contribution in [3.8, 4) is 0 Å². The van der Waals surface area contributed by atoms with Gasteiger partial charge < -0.3 is 10.8 Å². The first-order valence-electron chi connectivity index (χ1n) is 4.32. The van der Waals surface area contributed by atoms with Crippen LogP contribution in [0.25, 0.3) is 0 Å². The summed E-state index contributed by atoms with van der Waals surface area (Å²) in [7, 11) is 0. The summed E-state index contributed by atoms with van der Waals surface area (Å²) < 4.78 is 1.71. The van der Waals surface area contributed by atoms with Gasteiger partial charge in [0.1, 0.15) is 12.7 Å². The minimum Gasteiger partial charge on any atom is -0.389 e. The van der Waals surface area contributed by atoms with Gasteiger partial charge in [-0.1, -0.05) is 0 Å². The molecule has 13 heavy (non-hydrogen) atoms. The number of nitrogens with zero attached hydrogens (tertiary/aromatic N) is 3. The zero-order valence-electron chi connectivity index (χ0n) is 8.01. The molecule has 74 valence electrons. The molecule has 1 aromatic heterocycles. The fraction of sp³-hybridized carbons (Fsp3) is 0.750. The lowest BCUT2D eigenvalue weighted by Crippen LogP contribution is -2.36. The van der Waals surface area contributed by atoms with Crippen LogP contribution in [0.3, 0.4) is 0 Å². The van der Waals surface area contributed by atoms with Gasteiger partial charge in [0, 0.05) is 6.54 Å². The summed E-state index contributed by atoms with van der Waals surface area (Å²) in [6.45, 7) is 3.95. The van der Waals surface area contributed by atoms with Gasteiger partial charge in [0.15, 0.2) is 0 Å². The molecule has 0 spiro atoms. The summed E-state index contributed by atoms with van der Waals surface area (Å²) in [4.78, 5) is 3.84. The minimum absolute atomic E-state index is 0.112. The zero-order chi connectivity index (χ0) is 9.90. The fourth-order valence-corrected chi connectivity index (χ4v) is 1.26. The van der Waals surface area contributed by atoms with Crippen molar-refractivity contribution in [1.29, 1.82) is 0 Å². The first kappa shape index (κ1) is 10.1. The van der Waals surface area contributed by atoms with Gasteiger partial charge in [0.2, 0.25) is 0 Å². The third-order valence-electron chi connectivity index (χ3n) is 2.06. The van der Waals surface area contributed by atoms with Crippen LogP contribution < -0.4 is 5.73 Å². The molecule has 5 heteroatoms. The second-order valence-corrected chi connectivity index (χ2v) is 3.63. The van der Waals surface area contributed by atoms with Crippen molar-refractivity contribution >= 4 is 0 Å².